The molecule has 1 aliphatic heterocycles. The van der Waals surface area contributed by atoms with Crippen LogP contribution in [0.4, 0.5) is 18.9 Å². The van der Waals surface area contributed by atoms with Gasteiger partial charge in [-0.2, -0.15) is 13.2 Å². The summed E-state index contributed by atoms with van der Waals surface area (Å²) in [6.45, 7) is 10.5. The van der Waals surface area contributed by atoms with Crippen LogP contribution in [0.15, 0.2) is 12.1 Å². The molecule has 0 unspecified atom stereocenters. The Hall–Kier alpha value is -1.76. The van der Waals surface area contributed by atoms with E-state index < -0.39 is 17.7 Å². The molecule has 0 N–H and O–H groups in total. The van der Waals surface area contributed by atoms with Crippen molar-refractivity contribution in [2.45, 2.75) is 65.2 Å². The Morgan fingerprint density at radius 2 is 1.89 bits per heavy atom. The number of likely N-dealkylation sites (tertiary alicyclic amines) is 1. The Balaban J connectivity index is 2.46. The number of piperidine rings is 1. The maximum Gasteiger partial charge on any atom is 0.416 e. The molecule has 158 valence electrons. The van der Waals surface area contributed by atoms with Crippen LogP contribution in [0.25, 0.3) is 0 Å². The average molecular weight is 400 g/mol. The fourth-order valence-corrected chi connectivity index (χ4v) is 3.94. The van der Waals surface area contributed by atoms with E-state index in [4.69, 9.17) is 4.74 Å². The van der Waals surface area contributed by atoms with Gasteiger partial charge in [0.2, 0.25) is 0 Å². The number of carbonyl (C=O) groups excluding carboxylic acids is 1. The first-order valence-electron chi connectivity index (χ1n) is 9.91. The first-order chi connectivity index (χ1) is 13.1. The summed E-state index contributed by atoms with van der Waals surface area (Å²) in [5.41, 5.74) is 0.196. The van der Waals surface area contributed by atoms with Crippen molar-refractivity contribution in [3.63, 3.8) is 0 Å². The summed E-state index contributed by atoms with van der Waals surface area (Å²) in [4.78, 5) is 16.6. The quantitative estimate of drug-likeness (QED) is 0.637. The van der Waals surface area contributed by atoms with Gasteiger partial charge >= 0.3 is 12.1 Å². The summed E-state index contributed by atoms with van der Waals surface area (Å²) < 4.78 is 45.2. The van der Waals surface area contributed by atoms with E-state index in [9.17, 15) is 18.0 Å². The SMILES string of the molecule is CCCN(c1cc(C(F)(F)F)cc(C(=O)OC)c1C)C1CCN(C(C)C)CC1. The van der Waals surface area contributed by atoms with Crippen LogP contribution >= 0.6 is 0 Å². The summed E-state index contributed by atoms with van der Waals surface area (Å²) >= 11 is 0. The minimum atomic E-state index is -4.52. The molecule has 0 amide bonds. The monoisotopic (exact) mass is 400 g/mol. The molecular weight excluding hydrogens is 369 g/mol. The van der Waals surface area contributed by atoms with Crippen LogP contribution in [-0.2, 0) is 10.9 Å². The highest BCUT2D eigenvalue weighted by Crippen LogP contribution is 2.37. The molecule has 0 radical (unpaired) electrons. The van der Waals surface area contributed by atoms with Crippen molar-refractivity contribution in [2.75, 3.05) is 31.6 Å². The van der Waals surface area contributed by atoms with Crippen molar-refractivity contribution in [3.05, 3.63) is 28.8 Å². The third-order valence-electron chi connectivity index (χ3n) is 5.56. The minimum absolute atomic E-state index is 0.0203. The normalized spacial score (nSPS) is 16.5. The third-order valence-corrected chi connectivity index (χ3v) is 5.56. The molecule has 2 rings (SSSR count). The van der Waals surface area contributed by atoms with Crippen molar-refractivity contribution in [3.8, 4) is 0 Å². The minimum Gasteiger partial charge on any atom is -0.465 e. The number of nitrogens with zero attached hydrogens (tertiary/aromatic N) is 2. The van der Waals surface area contributed by atoms with Crippen LogP contribution in [0.1, 0.15) is 61.5 Å². The number of anilines is 1. The number of rotatable bonds is 6. The molecule has 0 bridgehead atoms. The number of ether oxygens (including phenoxy) is 1. The largest absolute Gasteiger partial charge is 0.465 e. The smallest absolute Gasteiger partial charge is 0.416 e. The molecule has 4 nitrogen and oxygen atoms in total. The second-order valence-corrected chi connectivity index (χ2v) is 7.71. The lowest BCUT2D eigenvalue weighted by atomic mass is 9.96. The Morgan fingerprint density at radius 1 is 1.29 bits per heavy atom. The summed E-state index contributed by atoms with van der Waals surface area (Å²) in [5.74, 6) is -0.740. The molecule has 1 aromatic rings. The number of hydrogen-bond acceptors (Lipinski definition) is 4. The van der Waals surface area contributed by atoms with Crippen LogP contribution < -0.4 is 4.90 Å². The van der Waals surface area contributed by atoms with Crippen LogP contribution in [0.5, 0.6) is 0 Å². The van der Waals surface area contributed by atoms with Crippen molar-refractivity contribution in [1.82, 2.24) is 4.90 Å². The molecule has 0 aliphatic carbocycles. The van der Waals surface area contributed by atoms with E-state index in [1.54, 1.807) is 6.92 Å². The topological polar surface area (TPSA) is 32.8 Å². The van der Waals surface area contributed by atoms with Gasteiger partial charge in [-0.05, 0) is 57.7 Å². The van der Waals surface area contributed by atoms with Gasteiger partial charge in [-0.25, -0.2) is 4.79 Å². The van der Waals surface area contributed by atoms with Gasteiger partial charge in [-0.1, -0.05) is 6.92 Å². The highest BCUT2D eigenvalue weighted by atomic mass is 19.4. The highest BCUT2D eigenvalue weighted by Gasteiger charge is 2.35. The third kappa shape index (κ3) is 4.99. The fraction of sp³-hybridized carbons (Fsp3) is 0.667. The zero-order valence-electron chi connectivity index (χ0n) is 17.4. The molecule has 1 saturated heterocycles. The van der Waals surface area contributed by atoms with E-state index in [1.165, 1.54) is 13.2 Å². The number of esters is 1. The van der Waals surface area contributed by atoms with Crippen LogP contribution in [0.2, 0.25) is 0 Å². The molecule has 0 spiro atoms. The molecule has 0 atom stereocenters. The van der Waals surface area contributed by atoms with Gasteiger partial charge in [0.05, 0.1) is 18.2 Å². The van der Waals surface area contributed by atoms with E-state index >= 15 is 0 Å². The van der Waals surface area contributed by atoms with Gasteiger partial charge in [0.25, 0.3) is 0 Å². The van der Waals surface area contributed by atoms with Gasteiger partial charge in [0.1, 0.15) is 0 Å². The van der Waals surface area contributed by atoms with Crippen LogP contribution in [-0.4, -0.2) is 49.7 Å². The van der Waals surface area contributed by atoms with E-state index in [0.717, 1.165) is 38.4 Å². The lowest BCUT2D eigenvalue weighted by Crippen LogP contribution is -2.47. The second-order valence-electron chi connectivity index (χ2n) is 7.71. The number of methoxy groups -OCH3 is 1. The van der Waals surface area contributed by atoms with Gasteiger partial charge in [-0.3, -0.25) is 0 Å². The Bertz CT molecular complexity index is 681. The van der Waals surface area contributed by atoms with Gasteiger partial charge in [-0.15, -0.1) is 0 Å². The first-order valence-corrected chi connectivity index (χ1v) is 9.91. The average Bonchev–Trinajstić information content (AvgIpc) is 2.65. The van der Waals surface area contributed by atoms with E-state index in [0.29, 0.717) is 23.8 Å². The van der Waals surface area contributed by atoms with Crippen molar-refractivity contribution >= 4 is 11.7 Å². The summed E-state index contributed by atoms with van der Waals surface area (Å²) in [6, 6.07) is 2.70. The van der Waals surface area contributed by atoms with Crippen LogP contribution in [0, 0.1) is 6.92 Å². The molecule has 0 aromatic heterocycles. The number of hydrogen-bond donors (Lipinski definition) is 0. The summed E-state index contributed by atoms with van der Waals surface area (Å²) in [5, 5.41) is 0. The van der Waals surface area contributed by atoms with Gasteiger partial charge in [0.15, 0.2) is 0 Å². The van der Waals surface area contributed by atoms with E-state index in [-0.39, 0.29) is 11.6 Å². The number of alkyl halides is 3. The zero-order valence-corrected chi connectivity index (χ0v) is 17.4. The van der Waals surface area contributed by atoms with Crippen molar-refractivity contribution < 1.29 is 22.7 Å². The molecule has 1 aliphatic rings. The number of carbonyl (C=O) groups is 1. The molecule has 1 heterocycles. The Morgan fingerprint density at radius 3 is 2.36 bits per heavy atom. The lowest BCUT2D eigenvalue weighted by molar-refractivity contribution is -0.137. The molecule has 7 heteroatoms. The van der Waals surface area contributed by atoms with Crippen LogP contribution in [0.3, 0.4) is 0 Å². The standard InChI is InChI=1S/C21H31F3N2O2/c1-6-9-26(17-7-10-25(11-8-17)14(2)3)19-13-16(21(22,23)24)12-18(15(19)4)20(27)28-5/h12-14,17H,6-11H2,1-5H3. The van der Waals surface area contributed by atoms with Crippen molar-refractivity contribution in [2.24, 2.45) is 0 Å². The summed E-state index contributed by atoms with van der Waals surface area (Å²) in [7, 11) is 1.19. The van der Waals surface area contributed by atoms with E-state index in [2.05, 4.69) is 23.6 Å². The fourth-order valence-electron chi connectivity index (χ4n) is 3.94. The maximum atomic E-state index is 13.5. The molecule has 1 aromatic carbocycles. The second kappa shape index (κ2) is 9.16. The van der Waals surface area contributed by atoms with Crippen molar-refractivity contribution in [1.29, 1.82) is 0 Å². The highest BCUT2D eigenvalue weighted by molar-refractivity contribution is 5.93. The lowest BCUT2D eigenvalue weighted by Gasteiger charge is -2.42. The first kappa shape index (κ1) is 22.5. The van der Waals surface area contributed by atoms with Gasteiger partial charge in [0, 0.05) is 37.4 Å². The Labute approximate surface area is 165 Å². The zero-order chi connectivity index (χ0) is 21.1. The number of benzene rings is 1. The summed E-state index contributed by atoms with van der Waals surface area (Å²) in [6.07, 6.45) is -1.93. The Kier molecular flexibility index (Phi) is 7.37. The van der Waals surface area contributed by atoms with E-state index in [1.807, 2.05) is 6.92 Å². The molecule has 0 saturated carbocycles. The number of halogens is 3. The van der Waals surface area contributed by atoms with Gasteiger partial charge < -0.3 is 14.5 Å². The predicted octanol–water partition coefficient (Wildman–Crippen LogP) is 4.89. The maximum absolute atomic E-state index is 13.5. The predicted molar refractivity (Wildman–Crippen MR) is 105 cm³/mol. The molecule has 28 heavy (non-hydrogen) atoms. The molecular formula is C21H31F3N2O2. The molecule has 1 fully saturated rings.